The molecule has 0 aliphatic heterocycles. The highest BCUT2D eigenvalue weighted by Crippen LogP contribution is 2.10. The van der Waals surface area contributed by atoms with Gasteiger partial charge in [-0.1, -0.05) is 0 Å². The Kier molecular flexibility index (Phi) is 3.08. The SMILES string of the molecule is CONc1ccc(C(=O)Cl)cc1. The Morgan fingerprint density at radius 2 is 2.00 bits per heavy atom. The molecule has 0 spiro atoms. The van der Waals surface area contributed by atoms with E-state index in [4.69, 9.17) is 11.6 Å². The Morgan fingerprint density at radius 1 is 1.42 bits per heavy atom. The van der Waals surface area contributed by atoms with Gasteiger partial charge in [0.05, 0.1) is 12.8 Å². The molecule has 0 saturated carbocycles. The molecular weight excluding hydrogens is 178 g/mol. The quantitative estimate of drug-likeness (QED) is 0.579. The Morgan fingerprint density at radius 3 is 2.42 bits per heavy atom. The van der Waals surface area contributed by atoms with Crippen molar-refractivity contribution in [3.63, 3.8) is 0 Å². The average Bonchev–Trinajstić information content (AvgIpc) is 2.06. The van der Waals surface area contributed by atoms with Crippen molar-refractivity contribution >= 4 is 22.5 Å². The summed E-state index contributed by atoms with van der Waals surface area (Å²) in [6.45, 7) is 0. The van der Waals surface area contributed by atoms with Crippen LogP contribution in [0.15, 0.2) is 24.3 Å². The summed E-state index contributed by atoms with van der Waals surface area (Å²) in [5.41, 5.74) is 3.87. The third-order valence-electron chi connectivity index (χ3n) is 1.33. The fourth-order valence-electron chi connectivity index (χ4n) is 0.787. The van der Waals surface area contributed by atoms with Gasteiger partial charge in [-0.3, -0.25) is 15.1 Å². The van der Waals surface area contributed by atoms with Crippen LogP contribution in [0.1, 0.15) is 10.4 Å². The molecule has 0 amide bonds. The third-order valence-corrected chi connectivity index (χ3v) is 1.55. The maximum Gasteiger partial charge on any atom is 0.252 e. The van der Waals surface area contributed by atoms with Crippen molar-refractivity contribution in [1.29, 1.82) is 0 Å². The molecule has 1 N–H and O–H groups in total. The van der Waals surface area contributed by atoms with Gasteiger partial charge in [0, 0.05) is 5.56 Å². The molecule has 0 bridgehead atoms. The van der Waals surface area contributed by atoms with Gasteiger partial charge >= 0.3 is 0 Å². The zero-order valence-electron chi connectivity index (χ0n) is 6.50. The van der Waals surface area contributed by atoms with Crippen molar-refractivity contribution in [1.82, 2.24) is 0 Å². The van der Waals surface area contributed by atoms with Gasteiger partial charge in [-0.2, -0.15) is 0 Å². The monoisotopic (exact) mass is 185 g/mol. The number of benzene rings is 1. The van der Waals surface area contributed by atoms with E-state index < -0.39 is 5.24 Å². The van der Waals surface area contributed by atoms with Crippen molar-refractivity contribution in [3.05, 3.63) is 29.8 Å². The molecule has 1 aromatic rings. The fourth-order valence-corrected chi connectivity index (χ4v) is 0.913. The molecule has 0 atom stereocenters. The minimum atomic E-state index is -0.459. The highest BCUT2D eigenvalue weighted by Gasteiger charge is 1.99. The summed E-state index contributed by atoms with van der Waals surface area (Å²) in [5, 5.41) is -0.459. The normalized spacial score (nSPS) is 9.50. The Balaban J connectivity index is 2.78. The van der Waals surface area contributed by atoms with Gasteiger partial charge in [0.1, 0.15) is 0 Å². The molecule has 0 heterocycles. The van der Waals surface area contributed by atoms with Gasteiger partial charge in [0.2, 0.25) is 0 Å². The first-order valence-corrected chi connectivity index (χ1v) is 3.70. The molecule has 1 aromatic carbocycles. The highest BCUT2D eigenvalue weighted by atomic mass is 35.5. The van der Waals surface area contributed by atoms with E-state index in [2.05, 4.69) is 10.3 Å². The molecule has 0 aromatic heterocycles. The lowest BCUT2D eigenvalue weighted by atomic mass is 10.2. The molecular formula is C8H8ClNO2. The van der Waals surface area contributed by atoms with Crippen LogP contribution in [0, 0.1) is 0 Å². The second-order valence-electron chi connectivity index (χ2n) is 2.16. The highest BCUT2D eigenvalue weighted by molar-refractivity contribution is 6.67. The second-order valence-corrected chi connectivity index (χ2v) is 2.50. The van der Waals surface area contributed by atoms with Crippen LogP contribution in [-0.2, 0) is 4.84 Å². The molecule has 3 nitrogen and oxygen atoms in total. The largest absolute Gasteiger partial charge is 0.279 e. The van der Waals surface area contributed by atoms with Gasteiger partial charge in [-0.25, -0.2) is 0 Å². The Hall–Kier alpha value is -1.06. The van der Waals surface area contributed by atoms with Gasteiger partial charge < -0.3 is 0 Å². The van der Waals surface area contributed by atoms with Crippen molar-refractivity contribution in [2.75, 3.05) is 12.6 Å². The maximum absolute atomic E-state index is 10.6. The number of nitrogens with one attached hydrogen (secondary N) is 1. The predicted molar refractivity (Wildman–Crippen MR) is 47.3 cm³/mol. The van der Waals surface area contributed by atoms with Crippen LogP contribution in [0.3, 0.4) is 0 Å². The minimum absolute atomic E-state index is 0.459. The minimum Gasteiger partial charge on any atom is -0.279 e. The standard InChI is InChI=1S/C8H8ClNO2/c1-12-10-7-4-2-6(3-5-7)8(9)11/h2-5,10H,1H3. The lowest BCUT2D eigenvalue weighted by Crippen LogP contribution is -1.96. The average molecular weight is 186 g/mol. The van der Waals surface area contributed by atoms with Crippen LogP contribution < -0.4 is 5.48 Å². The van der Waals surface area contributed by atoms with E-state index in [1.165, 1.54) is 7.11 Å². The fraction of sp³-hybridized carbons (Fsp3) is 0.125. The lowest BCUT2D eigenvalue weighted by molar-refractivity contribution is 0.108. The molecule has 0 saturated heterocycles. The summed E-state index contributed by atoms with van der Waals surface area (Å²) in [6.07, 6.45) is 0. The summed E-state index contributed by atoms with van der Waals surface area (Å²) in [6, 6.07) is 6.66. The van der Waals surface area contributed by atoms with E-state index in [9.17, 15) is 4.79 Å². The number of carbonyl (C=O) groups excluding carboxylic acids is 1. The molecule has 1 rings (SSSR count). The first-order chi connectivity index (χ1) is 5.74. The van der Waals surface area contributed by atoms with Crippen molar-refractivity contribution in [2.45, 2.75) is 0 Å². The molecule has 12 heavy (non-hydrogen) atoms. The molecule has 4 heteroatoms. The first kappa shape index (κ1) is 9.03. The summed E-state index contributed by atoms with van der Waals surface area (Å²) in [7, 11) is 1.51. The summed E-state index contributed by atoms with van der Waals surface area (Å²) >= 11 is 5.24. The van der Waals surface area contributed by atoms with Crippen LogP contribution in [0.5, 0.6) is 0 Å². The number of carbonyl (C=O) groups is 1. The molecule has 0 unspecified atom stereocenters. The summed E-state index contributed by atoms with van der Waals surface area (Å²) < 4.78 is 0. The van der Waals surface area contributed by atoms with Crippen LogP contribution in [0.4, 0.5) is 5.69 Å². The second kappa shape index (κ2) is 4.09. The van der Waals surface area contributed by atoms with E-state index in [0.29, 0.717) is 5.56 Å². The summed E-state index contributed by atoms with van der Waals surface area (Å²) in [4.78, 5) is 15.3. The van der Waals surface area contributed by atoms with Gasteiger partial charge in [0.25, 0.3) is 5.24 Å². The van der Waals surface area contributed by atoms with Crippen LogP contribution >= 0.6 is 11.6 Å². The number of hydrogen-bond donors (Lipinski definition) is 1. The molecule has 0 radical (unpaired) electrons. The number of hydrogen-bond acceptors (Lipinski definition) is 3. The smallest absolute Gasteiger partial charge is 0.252 e. The van der Waals surface area contributed by atoms with Gasteiger partial charge in [0.15, 0.2) is 0 Å². The zero-order chi connectivity index (χ0) is 8.97. The van der Waals surface area contributed by atoms with E-state index in [1.807, 2.05) is 0 Å². The lowest BCUT2D eigenvalue weighted by Gasteiger charge is -2.01. The Bertz CT molecular complexity index is 271. The maximum atomic E-state index is 10.6. The zero-order valence-corrected chi connectivity index (χ0v) is 7.26. The van der Waals surface area contributed by atoms with Crippen molar-refractivity contribution in [3.8, 4) is 0 Å². The summed E-state index contributed by atoms with van der Waals surface area (Å²) in [5.74, 6) is 0. The first-order valence-electron chi connectivity index (χ1n) is 3.33. The van der Waals surface area contributed by atoms with Crippen molar-refractivity contribution < 1.29 is 9.63 Å². The number of rotatable bonds is 3. The molecule has 0 aliphatic rings. The van der Waals surface area contributed by atoms with E-state index in [1.54, 1.807) is 24.3 Å². The van der Waals surface area contributed by atoms with E-state index in [0.717, 1.165) is 5.69 Å². The molecule has 0 fully saturated rings. The third kappa shape index (κ3) is 2.22. The van der Waals surface area contributed by atoms with Crippen LogP contribution in [0.25, 0.3) is 0 Å². The van der Waals surface area contributed by atoms with E-state index in [-0.39, 0.29) is 0 Å². The van der Waals surface area contributed by atoms with Crippen LogP contribution in [-0.4, -0.2) is 12.4 Å². The molecule has 0 aliphatic carbocycles. The predicted octanol–water partition coefficient (Wildman–Crippen LogP) is 2.04. The molecule has 64 valence electrons. The van der Waals surface area contributed by atoms with Gasteiger partial charge in [-0.15, -0.1) is 0 Å². The van der Waals surface area contributed by atoms with Crippen molar-refractivity contribution in [2.24, 2.45) is 0 Å². The van der Waals surface area contributed by atoms with Crippen LogP contribution in [0.2, 0.25) is 0 Å². The van der Waals surface area contributed by atoms with E-state index >= 15 is 0 Å². The topological polar surface area (TPSA) is 38.3 Å². The number of anilines is 1. The Labute approximate surface area is 75.2 Å². The van der Waals surface area contributed by atoms with Gasteiger partial charge in [-0.05, 0) is 35.9 Å². The number of halogens is 1.